The molecule has 0 unspecified atom stereocenters. The van der Waals surface area contributed by atoms with Gasteiger partial charge < -0.3 is 9.47 Å². The van der Waals surface area contributed by atoms with E-state index in [2.05, 4.69) is 0 Å². The van der Waals surface area contributed by atoms with Crippen LogP contribution in [0.5, 0.6) is 5.75 Å². The van der Waals surface area contributed by atoms with Gasteiger partial charge in [0.1, 0.15) is 18.4 Å². The summed E-state index contributed by atoms with van der Waals surface area (Å²) < 4.78 is 10.8. The van der Waals surface area contributed by atoms with Crippen LogP contribution in [-0.2, 0) is 16.1 Å². The Morgan fingerprint density at radius 3 is 2.13 bits per heavy atom. The van der Waals surface area contributed by atoms with E-state index in [0.717, 1.165) is 4.90 Å². The van der Waals surface area contributed by atoms with Gasteiger partial charge in [-0.1, -0.05) is 26.0 Å². The molecule has 0 bridgehead atoms. The maximum atomic E-state index is 13.0. The van der Waals surface area contributed by atoms with E-state index in [9.17, 15) is 19.2 Å². The summed E-state index contributed by atoms with van der Waals surface area (Å²) in [5.74, 6) is -1.30. The fraction of sp³-hybridized carbons (Fsp3) is 0.333. The Kier molecular flexibility index (Phi) is 6.53. The number of ketones is 1. The molecule has 1 aliphatic heterocycles. The summed E-state index contributed by atoms with van der Waals surface area (Å²) in [4.78, 5) is 51.4. The van der Waals surface area contributed by atoms with Crippen LogP contribution in [0.15, 0.2) is 42.5 Å². The van der Waals surface area contributed by atoms with Gasteiger partial charge in [0.05, 0.1) is 18.2 Å². The maximum Gasteiger partial charge on any atom is 0.329 e. The maximum absolute atomic E-state index is 13.0. The highest BCUT2D eigenvalue weighted by Gasteiger charge is 2.43. The normalized spacial score (nSPS) is 13.9. The van der Waals surface area contributed by atoms with E-state index in [-0.39, 0.29) is 35.9 Å². The lowest BCUT2D eigenvalue weighted by Crippen LogP contribution is -2.46. The topological polar surface area (TPSA) is 90.0 Å². The van der Waals surface area contributed by atoms with Crippen molar-refractivity contribution in [1.82, 2.24) is 4.90 Å². The molecule has 2 aromatic carbocycles. The summed E-state index contributed by atoms with van der Waals surface area (Å²) in [5, 5.41) is 0. The van der Waals surface area contributed by atoms with Gasteiger partial charge in [0.15, 0.2) is 5.78 Å². The number of hydrogen-bond acceptors (Lipinski definition) is 6. The van der Waals surface area contributed by atoms with Crippen molar-refractivity contribution in [3.05, 3.63) is 64.7 Å². The van der Waals surface area contributed by atoms with E-state index in [1.807, 2.05) is 13.8 Å². The van der Waals surface area contributed by atoms with Crippen LogP contribution in [-0.4, -0.2) is 41.6 Å². The molecule has 0 radical (unpaired) electrons. The average Bonchev–Trinajstić information content (AvgIpc) is 3.00. The van der Waals surface area contributed by atoms with Gasteiger partial charge in [-0.25, -0.2) is 4.79 Å². The molecule has 0 aromatic heterocycles. The molecule has 31 heavy (non-hydrogen) atoms. The van der Waals surface area contributed by atoms with Crippen LogP contribution in [0.1, 0.15) is 63.8 Å². The van der Waals surface area contributed by atoms with E-state index in [1.54, 1.807) is 42.5 Å². The number of amides is 2. The Hall–Kier alpha value is -3.48. The van der Waals surface area contributed by atoms with Gasteiger partial charge in [-0.3, -0.25) is 19.3 Å². The predicted molar refractivity (Wildman–Crippen MR) is 113 cm³/mol. The number of hydrogen-bond donors (Lipinski definition) is 0. The number of methoxy groups -OCH3 is 1. The van der Waals surface area contributed by atoms with Crippen molar-refractivity contribution in [3.63, 3.8) is 0 Å². The highest BCUT2D eigenvalue weighted by atomic mass is 16.5. The summed E-state index contributed by atoms with van der Waals surface area (Å²) in [7, 11) is 1.48. The SMILES string of the molecule is COc1ccc(C(C)=O)cc1COC(=O)[C@H](CC(C)C)N1C(=O)c2ccccc2C1=O. The van der Waals surface area contributed by atoms with Crippen LogP contribution >= 0.6 is 0 Å². The average molecular weight is 423 g/mol. The van der Waals surface area contributed by atoms with Gasteiger partial charge in [-0.05, 0) is 49.6 Å². The molecular formula is C24H25NO6. The first-order valence-corrected chi connectivity index (χ1v) is 10.1. The highest BCUT2D eigenvalue weighted by Crippen LogP contribution is 2.28. The molecule has 3 rings (SSSR count). The van der Waals surface area contributed by atoms with Crippen molar-refractivity contribution >= 4 is 23.6 Å². The summed E-state index contributed by atoms with van der Waals surface area (Å²) in [6.07, 6.45) is 0.273. The molecule has 0 fully saturated rings. The Labute approximate surface area is 180 Å². The lowest BCUT2D eigenvalue weighted by molar-refractivity contribution is -0.150. The number of imide groups is 1. The molecular weight excluding hydrogens is 398 g/mol. The van der Waals surface area contributed by atoms with Gasteiger partial charge >= 0.3 is 5.97 Å². The fourth-order valence-corrected chi connectivity index (χ4v) is 3.60. The van der Waals surface area contributed by atoms with Gasteiger partial charge in [0.2, 0.25) is 0 Å². The monoisotopic (exact) mass is 423 g/mol. The molecule has 2 aromatic rings. The molecule has 2 amide bonds. The van der Waals surface area contributed by atoms with E-state index in [0.29, 0.717) is 16.9 Å². The number of esters is 1. The lowest BCUT2D eigenvalue weighted by atomic mass is 10.0. The van der Waals surface area contributed by atoms with E-state index < -0.39 is 23.8 Å². The minimum atomic E-state index is -1.05. The Bertz CT molecular complexity index is 1010. The molecule has 0 spiro atoms. The third-order valence-corrected chi connectivity index (χ3v) is 5.16. The van der Waals surface area contributed by atoms with Crippen molar-refractivity contribution in [2.24, 2.45) is 5.92 Å². The Morgan fingerprint density at radius 1 is 1.00 bits per heavy atom. The van der Waals surface area contributed by atoms with Crippen molar-refractivity contribution in [2.75, 3.05) is 7.11 Å². The van der Waals surface area contributed by atoms with E-state index >= 15 is 0 Å². The third-order valence-electron chi connectivity index (χ3n) is 5.16. The zero-order valence-corrected chi connectivity index (χ0v) is 18.0. The van der Waals surface area contributed by atoms with Crippen molar-refractivity contribution in [2.45, 2.75) is 39.8 Å². The molecule has 1 heterocycles. The van der Waals surface area contributed by atoms with Gasteiger partial charge in [-0.2, -0.15) is 0 Å². The summed E-state index contributed by atoms with van der Waals surface area (Å²) in [6.45, 7) is 5.09. The number of benzene rings is 2. The number of nitrogens with zero attached hydrogens (tertiary/aromatic N) is 1. The van der Waals surface area contributed by atoms with Crippen LogP contribution in [0.25, 0.3) is 0 Å². The molecule has 0 saturated carbocycles. The van der Waals surface area contributed by atoms with Crippen LogP contribution in [0.2, 0.25) is 0 Å². The zero-order chi connectivity index (χ0) is 22.7. The molecule has 0 N–H and O–H groups in total. The second-order valence-corrected chi connectivity index (χ2v) is 7.86. The van der Waals surface area contributed by atoms with Gasteiger partial charge in [0, 0.05) is 11.1 Å². The van der Waals surface area contributed by atoms with Crippen LogP contribution in [0.4, 0.5) is 0 Å². The molecule has 1 atom stereocenters. The number of rotatable bonds is 8. The molecule has 7 heteroatoms. The number of carbonyl (C=O) groups excluding carboxylic acids is 4. The predicted octanol–water partition coefficient (Wildman–Crippen LogP) is 3.65. The second-order valence-electron chi connectivity index (χ2n) is 7.86. The quantitative estimate of drug-likeness (QED) is 0.366. The summed E-state index contributed by atoms with van der Waals surface area (Å²) >= 11 is 0. The molecule has 0 saturated heterocycles. The minimum absolute atomic E-state index is 0.0393. The zero-order valence-electron chi connectivity index (χ0n) is 18.0. The van der Waals surface area contributed by atoms with Gasteiger partial charge in [0.25, 0.3) is 11.8 Å². The van der Waals surface area contributed by atoms with Crippen LogP contribution in [0, 0.1) is 5.92 Å². The number of fused-ring (bicyclic) bond motifs is 1. The van der Waals surface area contributed by atoms with E-state index in [4.69, 9.17) is 9.47 Å². The fourth-order valence-electron chi connectivity index (χ4n) is 3.60. The first-order valence-electron chi connectivity index (χ1n) is 10.1. The first-order chi connectivity index (χ1) is 14.7. The number of Topliss-reactive ketones (excluding diaryl/α,β-unsaturated/α-hetero) is 1. The smallest absolute Gasteiger partial charge is 0.329 e. The highest BCUT2D eigenvalue weighted by molar-refractivity contribution is 6.22. The third kappa shape index (κ3) is 4.50. The number of carbonyl (C=O) groups is 4. The molecule has 7 nitrogen and oxygen atoms in total. The van der Waals surface area contributed by atoms with E-state index in [1.165, 1.54) is 14.0 Å². The van der Waals surface area contributed by atoms with Gasteiger partial charge in [-0.15, -0.1) is 0 Å². The summed E-state index contributed by atoms with van der Waals surface area (Å²) in [5.41, 5.74) is 1.55. The first kappa shape index (κ1) is 22.2. The molecule has 0 aliphatic carbocycles. The van der Waals surface area contributed by atoms with Crippen molar-refractivity contribution < 1.29 is 28.7 Å². The van der Waals surface area contributed by atoms with Crippen LogP contribution < -0.4 is 4.74 Å². The van der Waals surface area contributed by atoms with Crippen molar-refractivity contribution in [1.29, 1.82) is 0 Å². The second kappa shape index (κ2) is 9.12. The molecule has 1 aliphatic rings. The standard InChI is InChI=1S/C24H25NO6/c1-14(2)11-20(25-22(27)18-7-5-6-8-19(18)23(25)28)24(29)31-13-17-12-16(15(3)26)9-10-21(17)30-4/h5-10,12,14,20H,11,13H2,1-4H3/t20-/m0/s1. The minimum Gasteiger partial charge on any atom is -0.496 e. The van der Waals surface area contributed by atoms with Crippen LogP contribution in [0.3, 0.4) is 0 Å². The Morgan fingerprint density at radius 2 is 1.61 bits per heavy atom. The lowest BCUT2D eigenvalue weighted by Gasteiger charge is -2.26. The number of ether oxygens (including phenoxy) is 2. The van der Waals surface area contributed by atoms with Crippen molar-refractivity contribution in [3.8, 4) is 5.75 Å². The largest absolute Gasteiger partial charge is 0.496 e. The summed E-state index contributed by atoms with van der Waals surface area (Å²) in [6, 6.07) is 10.3. The Balaban J connectivity index is 1.84. The molecule has 162 valence electrons.